The molecule has 7 rings (SSSR count). The number of fused-ring (bicyclic) bond motifs is 2. The van der Waals surface area contributed by atoms with E-state index >= 15 is 0 Å². The number of likely N-dealkylation sites (tertiary alicyclic amines) is 2. The third-order valence-corrected chi connectivity index (χ3v) is 8.92. The number of amides is 1. The Kier molecular flexibility index (Phi) is 7.10. The first-order valence-electron chi connectivity index (χ1n) is 15.0. The van der Waals surface area contributed by atoms with Gasteiger partial charge in [-0.05, 0) is 98.3 Å². The van der Waals surface area contributed by atoms with Crippen LogP contribution in [0.25, 0.3) is 16.9 Å². The number of pyridine rings is 1. The zero-order valence-electron chi connectivity index (χ0n) is 23.7. The van der Waals surface area contributed by atoms with Crippen molar-refractivity contribution in [2.75, 3.05) is 38.2 Å². The van der Waals surface area contributed by atoms with E-state index < -0.39 is 0 Å². The van der Waals surface area contributed by atoms with Crippen molar-refractivity contribution in [2.24, 2.45) is 5.92 Å². The number of benzene rings is 2. The fourth-order valence-electron chi connectivity index (χ4n) is 6.71. The number of rotatable bonds is 5. The third-order valence-electron chi connectivity index (χ3n) is 8.92. The standard InChI is InChI=1S/C33H38N6O2/c1-23-3-2-15-38(21-23)28-12-16-37(17-13-28)33(40)24-4-7-27(8-5-24)36-29-9-10-30(39-18-14-35-32(29)39)25-6-11-31-26(19-25)20-34-22-41-31/h4-11,14,18-19,23,28,34,36H,2-3,12-13,15-17,20-22H2,1H3. The molecule has 41 heavy (non-hydrogen) atoms. The molecule has 0 saturated carbocycles. The summed E-state index contributed by atoms with van der Waals surface area (Å²) in [6.07, 6.45) is 8.61. The van der Waals surface area contributed by atoms with Gasteiger partial charge in [-0.25, -0.2) is 4.98 Å². The van der Waals surface area contributed by atoms with Gasteiger partial charge >= 0.3 is 0 Å². The van der Waals surface area contributed by atoms with E-state index in [1.54, 1.807) is 0 Å². The highest BCUT2D eigenvalue weighted by Gasteiger charge is 2.29. The number of aromatic nitrogens is 2. The summed E-state index contributed by atoms with van der Waals surface area (Å²) in [6.45, 7) is 7.81. The minimum Gasteiger partial charge on any atom is -0.478 e. The van der Waals surface area contributed by atoms with Gasteiger partial charge in [-0.2, -0.15) is 0 Å². The Balaban J connectivity index is 1.02. The molecular weight excluding hydrogens is 512 g/mol. The van der Waals surface area contributed by atoms with Crippen LogP contribution in [-0.4, -0.2) is 64.0 Å². The Morgan fingerprint density at radius 2 is 1.88 bits per heavy atom. The zero-order valence-corrected chi connectivity index (χ0v) is 23.7. The number of hydrogen-bond donors (Lipinski definition) is 2. The second-order valence-corrected chi connectivity index (χ2v) is 11.8. The van der Waals surface area contributed by atoms with Crippen LogP contribution < -0.4 is 15.4 Å². The number of anilines is 2. The number of carbonyl (C=O) groups excluding carboxylic acids is 1. The lowest BCUT2D eigenvalue weighted by atomic mass is 9.95. The van der Waals surface area contributed by atoms with Crippen molar-refractivity contribution in [3.63, 3.8) is 0 Å². The average molecular weight is 551 g/mol. The van der Waals surface area contributed by atoms with Gasteiger partial charge in [0.25, 0.3) is 5.91 Å². The van der Waals surface area contributed by atoms with E-state index in [4.69, 9.17) is 4.74 Å². The molecule has 2 aromatic heterocycles. The van der Waals surface area contributed by atoms with Crippen LogP contribution in [0.15, 0.2) is 67.0 Å². The second-order valence-electron chi connectivity index (χ2n) is 11.8. The van der Waals surface area contributed by atoms with E-state index in [-0.39, 0.29) is 5.91 Å². The van der Waals surface area contributed by atoms with E-state index in [0.717, 1.165) is 83.5 Å². The van der Waals surface area contributed by atoms with Gasteiger partial charge in [0.1, 0.15) is 12.5 Å². The molecule has 3 aliphatic heterocycles. The Morgan fingerprint density at radius 1 is 1.02 bits per heavy atom. The highest BCUT2D eigenvalue weighted by molar-refractivity contribution is 5.94. The van der Waals surface area contributed by atoms with Crippen LogP contribution in [0.1, 0.15) is 48.5 Å². The Bertz CT molecular complexity index is 1540. The molecule has 1 unspecified atom stereocenters. The van der Waals surface area contributed by atoms with Crippen LogP contribution in [0.3, 0.4) is 0 Å². The van der Waals surface area contributed by atoms with Gasteiger partial charge in [-0.3, -0.25) is 19.4 Å². The summed E-state index contributed by atoms with van der Waals surface area (Å²) < 4.78 is 7.80. The molecule has 4 aromatic rings. The zero-order chi connectivity index (χ0) is 27.8. The fraction of sp³-hybridized carbons (Fsp3) is 0.394. The maximum absolute atomic E-state index is 13.3. The van der Waals surface area contributed by atoms with Crippen molar-refractivity contribution in [1.29, 1.82) is 0 Å². The van der Waals surface area contributed by atoms with E-state index in [0.29, 0.717) is 12.8 Å². The molecule has 212 valence electrons. The summed E-state index contributed by atoms with van der Waals surface area (Å²) in [5.74, 6) is 1.86. The van der Waals surface area contributed by atoms with Crippen LogP contribution in [0.4, 0.5) is 11.4 Å². The van der Waals surface area contributed by atoms with Gasteiger partial charge in [0.15, 0.2) is 5.65 Å². The lowest BCUT2D eigenvalue weighted by Crippen LogP contribution is -2.49. The number of carbonyl (C=O) groups is 1. The monoisotopic (exact) mass is 550 g/mol. The van der Waals surface area contributed by atoms with Gasteiger partial charge in [-0.1, -0.05) is 6.92 Å². The topological polar surface area (TPSA) is 74.1 Å². The molecule has 1 amide bonds. The minimum atomic E-state index is 0.132. The summed E-state index contributed by atoms with van der Waals surface area (Å²) in [5, 5.41) is 6.77. The van der Waals surface area contributed by atoms with Crippen LogP contribution in [0, 0.1) is 5.92 Å². The van der Waals surface area contributed by atoms with Gasteiger partial charge in [0.2, 0.25) is 0 Å². The summed E-state index contributed by atoms with van der Waals surface area (Å²) in [5.41, 5.74) is 6.76. The van der Waals surface area contributed by atoms with Crippen molar-refractivity contribution in [3.05, 3.63) is 78.1 Å². The SMILES string of the molecule is CC1CCCN(C2CCN(C(=O)c3ccc(Nc4ccc(-c5ccc6c(c5)CNCO6)n5ccnc45)cc3)CC2)C1. The predicted octanol–water partition coefficient (Wildman–Crippen LogP) is 5.52. The molecule has 2 fully saturated rings. The number of imidazole rings is 1. The summed E-state index contributed by atoms with van der Waals surface area (Å²) in [4.78, 5) is 22.6. The summed E-state index contributed by atoms with van der Waals surface area (Å²) in [6, 6.07) is 19.0. The first kappa shape index (κ1) is 26.0. The maximum atomic E-state index is 13.3. The molecule has 2 saturated heterocycles. The van der Waals surface area contributed by atoms with Crippen molar-refractivity contribution in [3.8, 4) is 17.0 Å². The van der Waals surface area contributed by atoms with Crippen LogP contribution >= 0.6 is 0 Å². The molecule has 8 heteroatoms. The quantitative estimate of drug-likeness (QED) is 0.341. The van der Waals surface area contributed by atoms with Crippen molar-refractivity contribution < 1.29 is 9.53 Å². The van der Waals surface area contributed by atoms with Gasteiger partial charge < -0.3 is 15.0 Å². The molecule has 5 heterocycles. The molecule has 2 aromatic carbocycles. The largest absolute Gasteiger partial charge is 0.478 e. The summed E-state index contributed by atoms with van der Waals surface area (Å²) >= 11 is 0. The third kappa shape index (κ3) is 5.29. The summed E-state index contributed by atoms with van der Waals surface area (Å²) in [7, 11) is 0. The predicted molar refractivity (Wildman–Crippen MR) is 162 cm³/mol. The molecule has 3 aliphatic rings. The van der Waals surface area contributed by atoms with Crippen molar-refractivity contribution in [1.82, 2.24) is 24.5 Å². The number of hydrogen-bond acceptors (Lipinski definition) is 6. The Hall–Kier alpha value is -3.88. The molecule has 0 radical (unpaired) electrons. The molecular formula is C33H38N6O2. The second kappa shape index (κ2) is 11.2. The molecule has 0 bridgehead atoms. The first-order valence-corrected chi connectivity index (χ1v) is 15.0. The lowest BCUT2D eigenvalue weighted by Gasteiger charge is -2.41. The van der Waals surface area contributed by atoms with Crippen LogP contribution in [0.2, 0.25) is 0 Å². The average Bonchev–Trinajstić information content (AvgIpc) is 3.52. The molecule has 2 N–H and O–H groups in total. The number of nitrogens with zero attached hydrogens (tertiary/aromatic N) is 4. The van der Waals surface area contributed by atoms with E-state index in [2.05, 4.69) is 56.1 Å². The Labute approximate surface area is 241 Å². The number of piperidine rings is 2. The highest BCUT2D eigenvalue weighted by Crippen LogP contribution is 2.32. The van der Waals surface area contributed by atoms with Crippen LogP contribution in [-0.2, 0) is 6.54 Å². The minimum absolute atomic E-state index is 0.132. The van der Waals surface area contributed by atoms with Gasteiger partial charge in [0, 0.05) is 61.4 Å². The smallest absolute Gasteiger partial charge is 0.253 e. The normalized spacial score (nSPS) is 20.0. The number of nitrogens with one attached hydrogen (secondary N) is 2. The van der Waals surface area contributed by atoms with Crippen molar-refractivity contribution >= 4 is 22.9 Å². The highest BCUT2D eigenvalue weighted by atomic mass is 16.5. The van der Waals surface area contributed by atoms with Crippen LogP contribution in [0.5, 0.6) is 5.75 Å². The molecule has 0 aliphatic carbocycles. The molecule has 0 spiro atoms. The lowest BCUT2D eigenvalue weighted by molar-refractivity contribution is 0.0542. The maximum Gasteiger partial charge on any atom is 0.253 e. The van der Waals surface area contributed by atoms with E-state index in [9.17, 15) is 4.79 Å². The Morgan fingerprint density at radius 3 is 2.71 bits per heavy atom. The van der Waals surface area contributed by atoms with E-state index in [1.165, 1.54) is 25.9 Å². The molecule has 1 atom stereocenters. The first-order chi connectivity index (χ1) is 20.1. The molecule has 8 nitrogen and oxygen atoms in total. The number of ether oxygens (including phenoxy) is 1. The van der Waals surface area contributed by atoms with Crippen molar-refractivity contribution in [2.45, 2.75) is 45.2 Å². The van der Waals surface area contributed by atoms with Gasteiger partial charge in [0.05, 0.1) is 11.4 Å². The van der Waals surface area contributed by atoms with E-state index in [1.807, 2.05) is 47.6 Å². The fourth-order valence-corrected chi connectivity index (χ4v) is 6.71. The van der Waals surface area contributed by atoms with Gasteiger partial charge in [-0.15, -0.1) is 0 Å².